The van der Waals surface area contributed by atoms with E-state index >= 15 is 0 Å². The highest BCUT2D eigenvalue weighted by atomic mass is 16.5. The molecule has 1 spiro atoms. The first kappa shape index (κ1) is 9.97. The van der Waals surface area contributed by atoms with Gasteiger partial charge in [0, 0.05) is 19.3 Å². The Bertz CT molecular complexity index is 191. The molecule has 1 amide bonds. The van der Waals surface area contributed by atoms with Crippen LogP contribution >= 0.6 is 0 Å². The lowest BCUT2D eigenvalue weighted by atomic mass is 9.66. The first-order chi connectivity index (χ1) is 6.87. The van der Waals surface area contributed by atoms with E-state index in [9.17, 15) is 4.79 Å². The number of hydrogen-bond acceptors (Lipinski definition) is 2. The van der Waals surface area contributed by atoms with E-state index in [1.165, 1.54) is 19.3 Å². The van der Waals surface area contributed by atoms with Gasteiger partial charge in [-0.25, -0.2) is 0 Å². The van der Waals surface area contributed by atoms with Gasteiger partial charge in [-0.1, -0.05) is 12.8 Å². The van der Waals surface area contributed by atoms with Gasteiger partial charge in [0.25, 0.3) is 0 Å². The van der Waals surface area contributed by atoms with Gasteiger partial charge in [-0.2, -0.15) is 0 Å². The van der Waals surface area contributed by atoms with Crippen LogP contribution in [0.25, 0.3) is 0 Å². The van der Waals surface area contributed by atoms with Crippen LogP contribution in [0.1, 0.15) is 38.5 Å². The van der Waals surface area contributed by atoms with Crippen molar-refractivity contribution in [3.8, 4) is 0 Å². The monoisotopic (exact) mass is 197 g/mol. The Kier molecular flexibility index (Phi) is 3.06. The molecular formula is C11H19NO2. The van der Waals surface area contributed by atoms with Crippen LogP contribution in [-0.4, -0.2) is 25.7 Å². The predicted molar refractivity (Wildman–Crippen MR) is 53.9 cm³/mol. The van der Waals surface area contributed by atoms with Crippen LogP contribution in [0.4, 0.5) is 0 Å². The van der Waals surface area contributed by atoms with Crippen LogP contribution in [0.5, 0.6) is 0 Å². The van der Waals surface area contributed by atoms with E-state index in [1.54, 1.807) is 0 Å². The molecule has 3 nitrogen and oxygen atoms in total. The Morgan fingerprint density at radius 1 is 1.21 bits per heavy atom. The Morgan fingerprint density at radius 2 is 2.00 bits per heavy atom. The highest BCUT2D eigenvalue weighted by molar-refractivity contribution is 5.47. The molecule has 1 aliphatic heterocycles. The van der Waals surface area contributed by atoms with Gasteiger partial charge in [-0.15, -0.1) is 0 Å². The van der Waals surface area contributed by atoms with Crippen LogP contribution in [0.3, 0.4) is 0 Å². The Morgan fingerprint density at radius 3 is 2.71 bits per heavy atom. The number of hydrogen-bond donors (Lipinski definition) is 1. The molecule has 2 aliphatic rings. The van der Waals surface area contributed by atoms with Crippen molar-refractivity contribution in [1.82, 2.24) is 5.32 Å². The van der Waals surface area contributed by atoms with Gasteiger partial charge in [-0.3, -0.25) is 4.79 Å². The van der Waals surface area contributed by atoms with Crippen molar-refractivity contribution >= 4 is 6.41 Å². The fourth-order valence-electron chi connectivity index (χ4n) is 3.02. The summed E-state index contributed by atoms with van der Waals surface area (Å²) in [5.41, 5.74) is 0.359. The molecule has 0 radical (unpaired) electrons. The standard InChI is InChI=1S/C11H19NO2/c13-9-12-10-3-1-2-4-11(10)5-7-14-8-6-11/h9-10H,1-8H2,(H,12,13). The van der Waals surface area contributed by atoms with Crippen molar-refractivity contribution in [1.29, 1.82) is 0 Å². The first-order valence-corrected chi connectivity index (χ1v) is 5.65. The van der Waals surface area contributed by atoms with Crippen LogP contribution in [0.2, 0.25) is 0 Å². The molecule has 0 bridgehead atoms. The SMILES string of the molecule is O=CNC1CCCCC12CCOCC2. The van der Waals surface area contributed by atoms with E-state index < -0.39 is 0 Å². The van der Waals surface area contributed by atoms with Gasteiger partial charge >= 0.3 is 0 Å². The van der Waals surface area contributed by atoms with E-state index in [0.29, 0.717) is 11.5 Å². The van der Waals surface area contributed by atoms with Crippen molar-refractivity contribution in [2.24, 2.45) is 5.41 Å². The highest BCUT2D eigenvalue weighted by Gasteiger charge is 2.41. The minimum absolute atomic E-state index is 0.359. The summed E-state index contributed by atoms with van der Waals surface area (Å²) in [5.74, 6) is 0. The number of carbonyl (C=O) groups excluding carboxylic acids is 1. The summed E-state index contributed by atoms with van der Waals surface area (Å²) in [5, 5.41) is 3.01. The van der Waals surface area contributed by atoms with E-state index in [0.717, 1.165) is 38.9 Å². The summed E-state index contributed by atoms with van der Waals surface area (Å²) in [6.07, 6.45) is 8.11. The zero-order valence-corrected chi connectivity index (χ0v) is 8.63. The quantitative estimate of drug-likeness (QED) is 0.681. The maximum Gasteiger partial charge on any atom is 0.207 e. The van der Waals surface area contributed by atoms with Crippen molar-refractivity contribution in [2.45, 2.75) is 44.6 Å². The Balaban J connectivity index is 2.06. The third-order valence-electron chi connectivity index (χ3n) is 3.91. The van der Waals surface area contributed by atoms with Gasteiger partial charge in [0.15, 0.2) is 0 Å². The molecule has 14 heavy (non-hydrogen) atoms. The Labute approximate surface area is 85.2 Å². The maximum atomic E-state index is 10.6. The summed E-state index contributed by atoms with van der Waals surface area (Å²) in [6, 6.07) is 0.401. The lowest BCUT2D eigenvalue weighted by molar-refractivity contribution is -0.112. The fraction of sp³-hybridized carbons (Fsp3) is 0.909. The molecule has 80 valence electrons. The lowest BCUT2D eigenvalue weighted by Crippen LogP contribution is -2.49. The number of amides is 1. The van der Waals surface area contributed by atoms with E-state index in [4.69, 9.17) is 4.74 Å². The smallest absolute Gasteiger partial charge is 0.207 e. The summed E-state index contributed by atoms with van der Waals surface area (Å²) >= 11 is 0. The third-order valence-corrected chi connectivity index (χ3v) is 3.91. The fourth-order valence-corrected chi connectivity index (χ4v) is 3.02. The predicted octanol–water partition coefficient (Wildman–Crippen LogP) is 1.47. The number of ether oxygens (including phenoxy) is 1. The molecule has 1 saturated carbocycles. The van der Waals surface area contributed by atoms with Crippen LogP contribution in [-0.2, 0) is 9.53 Å². The van der Waals surface area contributed by atoms with Crippen LogP contribution < -0.4 is 5.32 Å². The van der Waals surface area contributed by atoms with E-state index in [2.05, 4.69) is 5.32 Å². The summed E-state index contributed by atoms with van der Waals surface area (Å²) < 4.78 is 5.41. The van der Waals surface area contributed by atoms with Crippen molar-refractivity contribution in [3.05, 3.63) is 0 Å². The Hall–Kier alpha value is -0.570. The maximum absolute atomic E-state index is 10.6. The van der Waals surface area contributed by atoms with Gasteiger partial charge in [0.2, 0.25) is 6.41 Å². The normalized spacial score (nSPS) is 31.3. The summed E-state index contributed by atoms with van der Waals surface area (Å²) in [4.78, 5) is 10.6. The van der Waals surface area contributed by atoms with Crippen molar-refractivity contribution in [3.63, 3.8) is 0 Å². The molecule has 2 fully saturated rings. The third kappa shape index (κ3) is 1.78. The average Bonchev–Trinajstić information content (AvgIpc) is 2.23. The molecule has 0 aromatic carbocycles. The van der Waals surface area contributed by atoms with Gasteiger partial charge in [-0.05, 0) is 31.1 Å². The zero-order chi connectivity index (χ0) is 9.86. The van der Waals surface area contributed by atoms with Crippen LogP contribution in [0, 0.1) is 5.41 Å². The molecule has 1 N–H and O–H groups in total. The number of carbonyl (C=O) groups is 1. The molecule has 1 aliphatic carbocycles. The van der Waals surface area contributed by atoms with E-state index in [1.807, 2.05) is 0 Å². The molecule has 1 unspecified atom stereocenters. The second-order valence-corrected chi connectivity index (χ2v) is 4.56. The topological polar surface area (TPSA) is 38.3 Å². The lowest BCUT2D eigenvalue weighted by Gasteiger charge is -2.46. The minimum atomic E-state index is 0.359. The van der Waals surface area contributed by atoms with Crippen molar-refractivity contribution < 1.29 is 9.53 Å². The molecule has 1 saturated heterocycles. The molecule has 0 aromatic heterocycles. The van der Waals surface area contributed by atoms with Crippen LogP contribution in [0.15, 0.2) is 0 Å². The van der Waals surface area contributed by atoms with E-state index in [-0.39, 0.29) is 0 Å². The van der Waals surface area contributed by atoms with Gasteiger partial charge in [0.05, 0.1) is 0 Å². The largest absolute Gasteiger partial charge is 0.381 e. The zero-order valence-electron chi connectivity index (χ0n) is 8.63. The van der Waals surface area contributed by atoms with Gasteiger partial charge < -0.3 is 10.1 Å². The first-order valence-electron chi connectivity index (χ1n) is 5.65. The summed E-state index contributed by atoms with van der Waals surface area (Å²) in [7, 11) is 0. The molecular weight excluding hydrogens is 178 g/mol. The van der Waals surface area contributed by atoms with Gasteiger partial charge in [0.1, 0.15) is 0 Å². The minimum Gasteiger partial charge on any atom is -0.381 e. The summed E-state index contributed by atoms with van der Waals surface area (Å²) in [6.45, 7) is 1.74. The molecule has 2 rings (SSSR count). The number of rotatable bonds is 2. The second kappa shape index (κ2) is 4.30. The number of nitrogens with one attached hydrogen (secondary N) is 1. The van der Waals surface area contributed by atoms with Crippen molar-refractivity contribution in [2.75, 3.05) is 13.2 Å². The molecule has 1 heterocycles. The second-order valence-electron chi connectivity index (χ2n) is 4.56. The average molecular weight is 197 g/mol. The highest BCUT2D eigenvalue weighted by Crippen LogP contribution is 2.44. The molecule has 1 atom stereocenters. The molecule has 3 heteroatoms. The molecule has 0 aromatic rings.